The predicted molar refractivity (Wildman–Crippen MR) is 56.6 cm³/mol. The minimum atomic E-state index is -0.214. The molecule has 3 atom stereocenters. The largest absolute Gasteiger partial charge is 0.369 e. The fourth-order valence-corrected chi connectivity index (χ4v) is 1.93. The number of carbonyl (C=O) groups is 1. The number of nitrogens with two attached hydrogens (primary N) is 2. The van der Waals surface area contributed by atoms with Crippen molar-refractivity contribution in [2.75, 3.05) is 19.6 Å². The van der Waals surface area contributed by atoms with E-state index in [0.717, 1.165) is 26.1 Å². The Kier molecular flexibility index (Phi) is 3.89. The third kappa shape index (κ3) is 2.96. The average Bonchev–Trinajstić information content (AvgIpc) is 2.52. The van der Waals surface area contributed by atoms with Gasteiger partial charge in [0.2, 0.25) is 5.91 Å². The van der Waals surface area contributed by atoms with Crippen molar-refractivity contribution in [1.82, 2.24) is 4.90 Å². The predicted octanol–water partition coefficient (Wildman–Crippen LogP) is -0.223. The van der Waals surface area contributed by atoms with Gasteiger partial charge in [0, 0.05) is 25.0 Å². The van der Waals surface area contributed by atoms with Crippen LogP contribution in [-0.4, -0.2) is 36.5 Å². The minimum Gasteiger partial charge on any atom is -0.369 e. The van der Waals surface area contributed by atoms with Gasteiger partial charge in [-0.2, -0.15) is 0 Å². The minimum absolute atomic E-state index is 0.0539. The Bertz CT molecular complexity index is 206. The molecular weight excluding hydrogens is 178 g/mol. The monoisotopic (exact) mass is 199 g/mol. The molecule has 1 fully saturated rings. The zero-order valence-electron chi connectivity index (χ0n) is 9.07. The summed E-state index contributed by atoms with van der Waals surface area (Å²) in [5.74, 6) is 0.311. The molecule has 1 saturated heterocycles. The Morgan fingerprint density at radius 3 is 2.64 bits per heavy atom. The summed E-state index contributed by atoms with van der Waals surface area (Å²) in [5, 5.41) is 0. The summed E-state index contributed by atoms with van der Waals surface area (Å²) in [6.07, 6.45) is 1.14. The number of likely N-dealkylation sites (tertiary alicyclic amines) is 1. The first-order valence-electron chi connectivity index (χ1n) is 5.28. The van der Waals surface area contributed by atoms with Gasteiger partial charge in [0.25, 0.3) is 0 Å². The molecule has 0 bridgehead atoms. The molecule has 3 unspecified atom stereocenters. The second-order valence-corrected chi connectivity index (χ2v) is 4.47. The lowest BCUT2D eigenvalue weighted by atomic mass is 10.0. The van der Waals surface area contributed by atoms with Crippen molar-refractivity contribution in [3.8, 4) is 0 Å². The summed E-state index contributed by atoms with van der Waals surface area (Å²) in [6, 6.07) is 0.254. The maximum Gasteiger partial charge on any atom is 0.221 e. The van der Waals surface area contributed by atoms with Gasteiger partial charge in [-0.05, 0) is 25.8 Å². The van der Waals surface area contributed by atoms with Gasteiger partial charge in [-0.25, -0.2) is 0 Å². The van der Waals surface area contributed by atoms with Crippen molar-refractivity contribution in [3.63, 3.8) is 0 Å². The normalized spacial score (nSPS) is 27.5. The molecule has 82 valence electrons. The van der Waals surface area contributed by atoms with Crippen molar-refractivity contribution >= 4 is 5.91 Å². The Morgan fingerprint density at radius 1 is 1.57 bits per heavy atom. The first kappa shape index (κ1) is 11.5. The molecular formula is C10H21N3O. The molecule has 1 heterocycles. The van der Waals surface area contributed by atoms with Gasteiger partial charge in [0.05, 0.1) is 0 Å². The highest BCUT2D eigenvalue weighted by Gasteiger charge is 2.26. The van der Waals surface area contributed by atoms with Crippen molar-refractivity contribution in [1.29, 1.82) is 0 Å². The number of primary amides is 1. The van der Waals surface area contributed by atoms with Gasteiger partial charge >= 0.3 is 0 Å². The molecule has 14 heavy (non-hydrogen) atoms. The molecule has 0 aromatic heterocycles. The van der Waals surface area contributed by atoms with Crippen molar-refractivity contribution < 1.29 is 4.79 Å². The summed E-state index contributed by atoms with van der Waals surface area (Å²) < 4.78 is 0. The van der Waals surface area contributed by atoms with E-state index in [0.29, 0.717) is 5.92 Å². The highest BCUT2D eigenvalue weighted by Crippen LogP contribution is 2.19. The Balaban J connectivity index is 2.32. The molecule has 1 aliphatic heterocycles. The van der Waals surface area contributed by atoms with Crippen LogP contribution >= 0.6 is 0 Å². The lowest BCUT2D eigenvalue weighted by Gasteiger charge is -2.19. The number of nitrogens with zero attached hydrogens (tertiary/aromatic N) is 1. The van der Waals surface area contributed by atoms with Gasteiger partial charge in [0.15, 0.2) is 0 Å². The average molecular weight is 199 g/mol. The number of carbonyl (C=O) groups excluding carboxylic acids is 1. The van der Waals surface area contributed by atoms with E-state index in [1.807, 2.05) is 13.8 Å². The molecule has 0 saturated carbocycles. The summed E-state index contributed by atoms with van der Waals surface area (Å²) in [4.78, 5) is 13.2. The van der Waals surface area contributed by atoms with Crippen LogP contribution in [0.25, 0.3) is 0 Å². The number of hydrogen-bond acceptors (Lipinski definition) is 3. The standard InChI is InChI=1S/C10H21N3O/c1-7(10(12)14)5-13-4-3-9(6-13)8(2)11/h7-9H,3-6,11H2,1-2H3,(H2,12,14). The number of hydrogen-bond donors (Lipinski definition) is 2. The molecule has 0 radical (unpaired) electrons. The molecule has 4 nitrogen and oxygen atoms in total. The molecule has 1 rings (SSSR count). The smallest absolute Gasteiger partial charge is 0.221 e. The van der Waals surface area contributed by atoms with E-state index in [1.54, 1.807) is 0 Å². The van der Waals surface area contributed by atoms with Gasteiger partial charge in [-0.1, -0.05) is 6.92 Å². The maximum atomic E-state index is 10.9. The fourth-order valence-electron chi connectivity index (χ4n) is 1.93. The van der Waals surface area contributed by atoms with Crippen LogP contribution in [-0.2, 0) is 4.79 Å². The zero-order chi connectivity index (χ0) is 10.7. The maximum absolute atomic E-state index is 10.9. The molecule has 1 aliphatic rings. The molecule has 0 aliphatic carbocycles. The molecule has 4 N–H and O–H groups in total. The van der Waals surface area contributed by atoms with Crippen LogP contribution in [0.5, 0.6) is 0 Å². The second-order valence-electron chi connectivity index (χ2n) is 4.47. The molecule has 4 heteroatoms. The highest BCUT2D eigenvalue weighted by molar-refractivity contribution is 5.76. The first-order valence-corrected chi connectivity index (χ1v) is 5.28. The lowest BCUT2D eigenvalue weighted by molar-refractivity contribution is -0.121. The second kappa shape index (κ2) is 4.75. The number of amides is 1. The summed E-state index contributed by atoms with van der Waals surface area (Å²) in [7, 11) is 0. The first-order chi connectivity index (χ1) is 6.50. The molecule has 1 amide bonds. The number of rotatable bonds is 4. The molecule has 0 spiro atoms. The van der Waals surface area contributed by atoms with Crippen LogP contribution in [0.15, 0.2) is 0 Å². The van der Waals surface area contributed by atoms with Crippen LogP contribution in [0.4, 0.5) is 0 Å². The van der Waals surface area contributed by atoms with Crippen LogP contribution in [0.1, 0.15) is 20.3 Å². The zero-order valence-corrected chi connectivity index (χ0v) is 9.07. The Morgan fingerprint density at radius 2 is 2.21 bits per heavy atom. The Labute approximate surface area is 85.6 Å². The van der Waals surface area contributed by atoms with Gasteiger partial charge in [-0.3, -0.25) is 4.79 Å². The van der Waals surface area contributed by atoms with E-state index in [-0.39, 0.29) is 17.9 Å². The Hall–Kier alpha value is -0.610. The SMILES string of the molecule is CC(CN1CCC(C(C)N)C1)C(N)=O. The molecule has 0 aromatic rings. The third-order valence-electron chi connectivity index (χ3n) is 3.07. The van der Waals surface area contributed by atoms with Crippen molar-refractivity contribution in [3.05, 3.63) is 0 Å². The van der Waals surface area contributed by atoms with Gasteiger partial charge < -0.3 is 16.4 Å². The van der Waals surface area contributed by atoms with E-state index >= 15 is 0 Å². The summed E-state index contributed by atoms with van der Waals surface area (Å²) >= 11 is 0. The highest BCUT2D eigenvalue weighted by atomic mass is 16.1. The van der Waals surface area contributed by atoms with E-state index < -0.39 is 0 Å². The topological polar surface area (TPSA) is 72.3 Å². The van der Waals surface area contributed by atoms with Crippen LogP contribution in [0.3, 0.4) is 0 Å². The van der Waals surface area contributed by atoms with E-state index in [2.05, 4.69) is 4.90 Å². The summed E-state index contributed by atoms with van der Waals surface area (Å²) in [6.45, 7) is 6.75. The van der Waals surface area contributed by atoms with E-state index in [9.17, 15) is 4.79 Å². The van der Waals surface area contributed by atoms with Crippen LogP contribution in [0.2, 0.25) is 0 Å². The fraction of sp³-hybridized carbons (Fsp3) is 0.900. The van der Waals surface area contributed by atoms with Crippen molar-refractivity contribution in [2.24, 2.45) is 23.3 Å². The van der Waals surface area contributed by atoms with Gasteiger partial charge in [-0.15, -0.1) is 0 Å². The molecule has 0 aromatic carbocycles. The third-order valence-corrected chi connectivity index (χ3v) is 3.07. The quantitative estimate of drug-likeness (QED) is 0.657. The lowest BCUT2D eigenvalue weighted by Crippen LogP contribution is -2.35. The van der Waals surface area contributed by atoms with E-state index in [1.165, 1.54) is 0 Å². The van der Waals surface area contributed by atoms with Gasteiger partial charge in [0.1, 0.15) is 0 Å². The van der Waals surface area contributed by atoms with Crippen LogP contribution in [0, 0.1) is 11.8 Å². The van der Waals surface area contributed by atoms with Crippen molar-refractivity contribution in [2.45, 2.75) is 26.3 Å². The van der Waals surface area contributed by atoms with Crippen LogP contribution < -0.4 is 11.5 Å². The summed E-state index contributed by atoms with van der Waals surface area (Å²) in [5.41, 5.74) is 11.1. The van der Waals surface area contributed by atoms with E-state index in [4.69, 9.17) is 11.5 Å².